The second-order valence-electron chi connectivity index (χ2n) is 6.41. The van der Waals surface area contributed by atoms with E-state index in [9.17, 15) is 4.79 Å². The minimum atomic E-state index is -0.0360. The van der Waals surface area contributed by atoms with Crippen LogP contribution in [0.2, 0.25) is 0 Å². The van der Waals surface area contributed by atoms with Gasteiger partial charge in [-0.15, -0.1) is 0 Å². The van der Waals surface area contributed by atoms with Gasteiger partial charge in [0.2, 0.25) is 5.91 Å². The van der Waals surface area contributed by atoms with Gasteiger partial charge in [-0.3, -0.25) is 14.4 Å². The number of likely N-dealkylation sites (tertiary alicyclic amines) is 1. The summed E-state index contributed by atoms with van der Waals surface area (Å²) in [6.07, 6.45) is 6.46. The first kappa shape index (κ1) is 15.7. The molecule has 1 aromatic carbocycles. The van der Waals surface area contributed by atoms with Crippen LogP contribution in [0.1, 0.15) is 36.9 Å². The molecule has 0 aliphatic carbocycles. The number of benzene rings is 1. The molecule has 5 nitrogen and oxygen atoms in total. The van der Waals surface area contributed by atoms with Crippen molar-refractivity contribution in [2.45, 2.75) is 39.3 Å². The summed E-state index contributed by atoms with van der Waals surface area (Å²) in [6.45, 7) is 6.72. The summed E-state index contributed by atoms with van der Waals surface area (Å²) in [5, 5.41) is 7.27. The highest BCUT2D eigenvalue weighted by molar-refractivity contribution is 5.88. The Morgan fingerprint density at radius 2 is 2.13 bits per heavy atom. The second-order valence-corrected chi connectivity index (χ2v) is 6.41. The third-order valence-electron chi connectivity index (χ3n) is 4.27. The highest BCUT2D eigenvalue weighted by Crippen LogP contribution is 2.23. The summed E-state index contributed by atoms with van der Waals surface area (Å²) in [4.78, 5) is 13.5. The molecule has 1 aliphatic heterocycles. The van der Waals surface area contributed by atoms with E-state index in [1.165, 1.54) is 30.9 Å². The van der Waals surface area contributed by atoms with Gasteiger partial charge < -0.3 is 5.32 Å². The summed E-state index contributed by atoms with van der Waals surface area (Å²) in [6, 6.07) is 8.58. The smallest absolute Gasteiger partial charge is 0.221 e. The Labute approximate surface area is 137 Å². The van der Waals surface area contributed by atoms with Gasteiger partial charge in [0.25, 0.3) is 0 Å². The maximum Gasteiger partial charge on any atom is 0.221 e. The van der Waals surface area contributed by atoms with E-state index in [-0.39, 0.29) is 5.91 Å². The molecule has 0 unspecified atom stereocenters. The predicted molar refractivity (Wildman–Crippen MR) is 91.3 cm³/mol. The number of carbonyl (C=O) groups excluding carboxylic acids is 1. The number of hydrogen-bond acceptors (Lipinski definition) is 3. The normalized spacial score (nSPS) is 18.8. The van der Waals surface area contributed by atoms with Crippen LogP contribution in [0.5, 0.6) is 0 Å². The van der Waals surface area contributed by atoms with Crippen molar-refractivity contribution in [3.8, 4) is 0 Å². The maximum atomic E-state index is 11.1. The van der Waals surface area contributed by atoms with Gasteiger partial charge in [0.1, 0.15) is 0 Å². The minimum Gasteiger partial charge on any atom is -0.326 e. The predicted octanol–water partition coefficient (Wildman–Crippen LogP) is 2.99. The Balaban J connectivity index is 1.60. The molecule has 0 radical (unpaired) electrons. The van der Waals surface area contributed by atoms with Crippen LogP contribution in [0.25, 0.3) is 0 Å². The van der Waals surface area contributed by atoms with Gasteiger partial charge in [-0.25, -0.2) is 0 Å². The second kappa shape index (κ2) is 6.96. The summed E-state index contributed by atoms with van der Waals surface area (Å²) >= 11 is 0. The lowest BCUT2D eigenvalue weighted by Crippen LogP contribution is -2.36. The lowest BCUT2D eigenvalue weighted by molar-refractivity contribution is -0.114. The molecule has 1 aromatic heterocycles. The third kappa shape index (κ3) is 4.20. The summed E-state index contributed by atoms with van der Waals surface area (Å²) in [7, 11) is 0. The topological polar surface area (TPSA) is 50.2 Å². The number of nitrogens with zero attached hydrogens (tertiary/aromatic N) is 3. The number of carbonyl (C=O) groups is 1. The summed E-state index contributed by atoms with van der Waals surface area (Å²) < 4.78 is 2.11. The zero-order chi connectivity index (χ0) is 16.2. The number of aromatic nitrogens is 2. The van der Waals surface area contributed by atoms with Gasteiger partial charge >= 0.3 is 0 Å². The molecule has 5 heteroatoms. The van der Waals surface area contributed by atoms with Gasteiger partial charge in [-0.1, -0.05) is 12.1 Å². The molecular weight excluding hydrogens is 288 g/mol. The number of aryl methyl sites for hydroxylation is 1. The highest BCUT2D eigenvalue weighted by atomic mass is 16.1. The molecule has 3 rings (SSSR count). The van der Waals surface area contributed by atoms with Crippen LogP contribution in [0, 0.1) is 6.92 Å². The van der Waals surface area contributed by atoms with Crippen LogP contribution in [0.3, 0.4) is 0 Å². The summed E-state index contributed by atoms with van der Waals surface area (Å²) in [5.74, 6) is -0.0360. The molecule has 1 aliphatic rings. The Morgan fingerprint density at radius 3 is 2.78 bits per heavy atom. The number of nitrogens with one attached hydrogen (secondary N) is 1. The molecule has 2 aromatic rings. The lowest BCUT2D eigenvalue weighted by atomic mass is 10.0. The van der Waals surface area contributed by atoms with E-state index in [2.05, 4.69) is 45.3 Å². The fourth-order valence-electron chi connectivity index (χ4n) is 3.18. The average molecular weight is 312 g/mol. The van der Waals surface area contributed by atoms with Crippen molar-refractivity contribution in [1.29, 1.82) is 0 Å². The first-order valence-corrected chi connectivity index (χ1v) is 8.20. The average Bonchev–Trinajstić information content (AvgIpc) is 2.96. The highest BCUT2D eigenvalue weighted by Gasteiger charge is 2.21. The van der Waals surface area contributed by atoms with Crippen molar-refractivity contribution in [1.82, 2.24) is 14.7 Å². The number of piperidine rings is 1. The molecule has 2 heterocycles. The van der Waals surface area contributed by atoms with E-state index in [1.54, 1.807) is 0 Å². The van der Waals surface area contributed by atoms with Crippen molar-refractivity contribution in [2.75, 3.05) is 18.4 Å². The van der Waals surface area contributed by atoms with E-state index in [0.29, 0.717) is 6.04 Å². The van der Waals surface area contributed by atoms with Crippen LogP contribution in [-0.4, -0.2) is 33.7 Å². The molecule has 1 amide bonds. The van der Waals surface area contributed by atoms with E-state index < -0.39 is 0 Å². The zero-order valence-electron chi connectivity index (χ0n) is 13.8. The minimum absolute atomic E-state index is 0.0360. The molecule has 1 fully saturated rings. The van der Waals surface area contributed by atoms with Gasteiger partial charge in [-0.2, -0.15) is 5.10 Å². The van der Waals surface area contributed by atoms with Crippen LogP contribution < -0.4 is 5.32 Å². The SMILES string of the molecule is CC(=O)Nc1ccc(CN2CCC[C@@H](n3cc(C)cn3)C2)cc1. The number of amides is 1. The Kier molecular flexibility index (Phi) is 4.76. The molecule has 1 saturated heterocycles. The third-order valence-corrected chi connectivity index (χ3v) is 4.27. The monoisotopic (exact) mass is 312 g/mol. The van der Waals surface area contributed by atoms with Crippen molar-refractivity contribution >= 4 is 11.6 Å². The fourth-order valence-corrected chi connectivity index (χ4v) is 3.18. The largest absolute Gasteiger partial charge is 0.326 e. The number of anilines is 1. The van der Waals surface area contributed by atoms with Crippen molar-refractivity contribution in [3.05, 3.63) is 47.8 Å². The fraction of sp³-hybridized carbons (Fsp3) is 0.444. The van der Waals surface area contributed by atoms with Crippen LogP contribution >= 0.6 is 0 Å². The molecular formula is C18H24N4O. The number of hydrogen-bond donors (Lipinski definition) is 1. The molecule has 0 saturated carbocycles. The first-order chi connectivity index (χ1) is 11.1. The molecule has 122 valence electrons. The maximum absolute atomic E-state index is 11.1. The van der Waals surface area contributed by atoms with Gasteiger partial charge in [0, 0.05) is 31.9 Å². The van der Waals surface area contributed by atoms with E-state index in [1.807, 2.05) is 18.3 Å². The van der Waals surface area contributed by atoms with Crippen LogP contribution in [0.4, 0.5) is 5.69 Å². The molecule has 0 spiro atoms. The van der Waals surface area contributed by atoms with Crippen molar-refractivity contribution in [2.24, 2.45) is 0 Å². The lowest BCUT2D eigenvalue weighted by Gasteiger charge is -2.32. The van der Waals surface area contributed by atoms with Gasteiger partial charge in [-0.05, 0) is 49.6 Å². The van der Waals surface area contributed by atoms with E-state index in [0.717, 1.165) is 25.3 Å². The van der Waals surface area contributed by atoms with Gasteiger partial charge in [0.05, 0.1) is 12.2 Å². The molecule has 23 heavy (non-hydrogen) atoms. The quantitative estimate of drug-likeness (QED) is 0.944. The van der Waals surface area contributed by atoms with E-state index in [4.69, 9.17) is 0 Å². The molecule has 0 bridgehead atoms. The van der Waals surface area contributed by atoms with Crippen LogP contribution in [-0.2, 0) is 11.3 Å². The van der Waals surface area contributed by atoms with Crippen molar-refractivity contribution < 1.29 is 4.79 Å². The standard InChI is InChI=1S/C18H24N4O/c1-14-10-19-22(11-14)18-4-3-9-21(13-18)12-16-5-7-17(8-6-16)20-15(2)23/h5-8,10-11,18H,3-4,9,12-13H2,1-2H3,(H,20,23)/t18-/m1/s1. The summed E-state index contributed by atoms with van der Waals surface area (Å²) in [5.41, 5.74) is 3.34. The molecule has 1 atom stereocenters. The Morgan fingerprint density at radius 1 is 1.35 bits per heavy atom. The Bertz CT molecular complexity index is 662. The zero-order valence-corrected chi connectivity index (χ0v) is 13.8. The first-order valence-electron chi connectivity index (χ1n) is 8.20. The van der Waals surface area contributed by atoms with Gasteiger partial charge in [0.15, 0.2) is 0 Å². The number of rotatable bonds is 4. The van der Waals surface area contributed by atoms with E-state index >= 15 is 0 Å². The van der Waals surface area contributed by atoms with Crippen molar-refractivity contribution in [3.63, 3.8) is 0 Å². The molecule has 1 N–H and O–H groups in total. The Hall–Kier alpha value is -2.14. The van der Waals surface area contributed by atoms with Crippen LogP contribution in [0.15, 0.2) is 36.7 Å².